The molecule has 4 rings (SSSR count). The zero-order chi connectivity index (χ0) is 20.8. The molecular weight excluding hydrogens is 380 g/mol. The van der Waals surface area contributed by atoms with E-state index in [2.05, 4.69) is 27.0 Å². The molecule has 3 aromatic rings. The normalized spacial score (nSPS) is 16.6. The van der Waals surface area contributed by atoms with E-state index in [9.17, 15) is 4.79 Å². The van der Waals surface area contributed by atoms with Crippen LogP contribution < -0.4 is 10.3 Å². The van der Waals surface area contributed by atoms with Crippen LogP contribution in [0, 0.1) is 0 Å². The summed E-state index contributed by atoms with van der Waals surface area (Å²) in [4.78, 5) is 26.4. The van der Waals surface area contributed by atoms with E-state index in [1.165, 1.54) is 11.6 Å². The van der Waals surface area contributed by atoms with Crippen LogP contribution in [0.2, 0.25) is 0 Å². The Morgan fingerprint density at radius 3 is 2.97 bits per heavy atom. The molecule has 0 radical (unpaired) electrons. The number of pyridine rings is 1. The van der Waals surface area contributed by atoms with Crippen molar-refractivity contribution in [3.8, 4) is 17.0 Å². The number of benzene rings is 1. The molecule has 1 saturated heterocycles. The van der Waals surface area contributed by atoms with Gasteiger partial charge in [0.1, 0.15) is 18.2 Å². The molecule has 3 heterocycles. The smallest absolute Gasteiger partial charge is 0.251 e. The first kappa shape index (κ1) is 20.3. The molecule has 1 aliphatic heterocycles. The van der Waals surface area contributed by atoms with Crippen molar-refractivity contribution in [2.75, 3.05) is 33.4 Å². The van der Waals surface area contributed by atoms with E-state index >= 15 is 0 Å². The lowest BCUT2D eigenvalue weighted by Crippen LogP contribution is -2.21. The van der Waals surface area contributed by atoms with Crippen molar-refractivity contribution in [1.29, 1.82) is 0 Å². The van der Waals surface area contributed by atoms with Crippen molar-refractivity contribution >= 4 is 0 Å². The number of hydrogen-bond acceptors (Lipinski definition) is 6. The molecule has 0 unspecified atom stereocenters. The molecule has 0 saturated carbocycles. The second-order valence-electron chi connectivity index (χ2n) is 7.47. The predicted molar refractivity (Wildman–Crippen MR) is 115 cm³/mol. The van der Waals surface area contributed by atoms with Gasteiger partial charge < -0.3 is 14.5 Å². The van der Waals surface area contributed by atoms with E-state index in [1.807, 2.05) is 24.3 Å². The number of nitrogens with zero attached hydrogens (tertiary/aromatic N) is 3. The van der Waals surface area contributed by atoms with Crippen LogP contribution in [0.3, 0.4) is 0 Å². The molecule has 7 heteroatoms. The van der Waals surface area contributed by atoms with Gasteiger partial charge in [-0.2, -0.15) is 0 Å². The Kier molecular flexibility index (Phi) is 6.51. The monoisotopic (exact) mass is 406 g/mol. The van der Waals surface area contributed by atoms with Crippen LogP contribution in [-0.2, 0) is 11.3 Å². The number of nitrogens with one attached hydrogen (secondary N) is 1. The number of aromatic amines is 1. The zero-order valence-electron chi connectivity index (χ0n) is 17.1. The van der Waals surface area contributed by atoms with Crippen LogP contribution in [0.25, 0.3) is 11.3 Å². The molecule has 7 nitrogen and oxygen atoms in total. The van der Waals surface area contributed by atoms with Crippen LogP contribution in [0.1, 0.15) is 23.7 Å². The summed E-state index contributed by atoms with van der Waals surface area (Å²) in [5.74, 6) is 1.81. The topological polar surface area (TPSA) is 80.3 Å². The van der Waals surface area contributed by atoms with E-state index in [0.29, 0.717) is 18.9 Å². The van der Waals surface area contributed by atoms with Gasteiger partial charge >= 0.3 is 0 Å². The third kappa shape index (κ3) is 5.11. The Morgan fingerprint density at radius 2 is 2.13 bits per heavy atom. The summed E-state index contributed by atoms with van der Waals surface area (Å²) in [5, 5.41) is 0. The molecule has 30 heavy (non-hydrogen) atoms. The lowest BCUT2D eigenvalue weighted by molar-refractivity contribution is 0.146. The number of methoxy groups -OCH3 is 1. The Labute approximate surface area is 175 Å². The van der Waals surface area contributed by atoms with Crippen molar-refractivity contribution in [3.05, 3.63) is 76.6 Å². The fourth-order valence-electron chi connectivity index (χ4n) is 3.77. The van der Waals surface area contributed by atoms with E-state index in [4.69, 9.17) is 14.5 Å². The van der Waals surface area contributed by atoms with Crippen LogP contribution in [0.15, 0.2) is 59.7 Å². The van der Waals surface area contributed by atoms with E-state index in [0.717, 1.165) is 43.2 Å². The predicted octanol–water partition coefficient (Wildman–Crippen LogP) is 2.85. The first-order chi connectivity index (χ1) is 14.7. The first-order valence-corrected chi connectivity index (χ1v) is 10.2. The van der Waals surface area contributed by atoms with Gasteiger partial charge in [0.05, 0.1) is 12.3 Å². The minimum atomic E-state index is -0.127. The summed E-state index contributed by atoms with van der Waals surface area (Å²) in [6.45, 7) is 3.76. The lowest BCUT2D eigenvalue weighted by Gasteiger charge is -2.17. The highest BCUT2D eigenvalue weighted by Crippen LogP contribution is 2.27. The zero-order valence-corrected chi connectivity index (χ0v) is 17.1. The molecule has 1 aliphatic rings. The van der Waals surface area contributed by atoms with Crippen molar-refractivity contribution in [2.24, 2.45) is 0 Å². The number of rotatable bonds is 8. The number of ether oxygens (including phenoxy) is 2. The fourth-order valence-corrected chi connectivity index (χ4v) is 3.77. The van der Waals surface area contributed by atoms with Crippen LogP contribution in [-0.4, -0.2) is 53.3 Å². The molecule has 0 bridgehead atoms. The van der Waals surface area contributed by atoms with Gasteiger partial charge in [-0.15, -0.1) is 0 Å². The Hall–Kier alpha value is -3.03. The molecule has 1 fully saturated rings. The second-order valence-corrected chi connectivity index (χ2v) is 7.47. The molecule has 156 valence electrons. The SMILES string of the molecule is COCCOc1cccc(CN2CC[C@H](c3nc(-c4cccnc4)cc(=O)[nH]3)C2)c1. The number of likely N-dealkylation sites (tertiary alicyclic amines) is 1. The average molecular weight is 406 g/mol. The fraction of sp³-hybridized carbons (Fsp3) is 0.348. The second kappa shape index (κ2) is 9.65. The van der Waals surface area contributed by atoms with Crippen molar-refractivity contribution < 1.29 is 9.47 Å². The summed E-state index contributed by atoms with van der Waals surface area (Å²) in [7, 11) is 1.66. The van der Waals surface area contributed by atoms with Crippen LogP contribution in [0.4, 0.5) is 0 Å². The van der Waals surface area contributed by atoms with Gasteiger partial charge in [0.25, 0.3) is 5.56 Å². The molecule has 0 spiro atoms. The lowest BCUT2D eigenvalue weighted by atomic mass is 10.1. The summed E-state index contributed by atoms with van der Waals surface area (Å²) in [6, 6.07) is 13.5. The molecule has 1 aromatic carbocycles. The van der Waals surface area contributed by atoms with Crippen molar-refractivity contribution in [3.63, 3.8) is 0 Å². The standard InChI is InChI=1S/C23H26N4O3/c1-29-10-11-30-20-6-2-4-17(12-20)15-27-9-7-19(16-27)23-25-21(13-22(28)26-23)18-5-3-8-24-14-18/h2-6,8,12-14,19H,7,9-11,15-16H2,1H3,(H,25,26,28)/t19-/m0/s1. The van der Waals surface area contributed by atoms with Gasteiger partial charge in [-0.1, -0.05) is 12.1 Å². The third-order valence-corrected chi connectivity index (χ3v) is 5.24. The largest absolute Gasteiger partial charge is 0.491 e. The van der Waals surface area contributed by atoms with E-state index in [1.54, 1.807) is 19.5 Å². The maximum atomic E-state index is 12.2. The molecule has 0 aliphatic carbocycles. The van der Waals surface area contributed by atoms with Gasteiger partial charge in [0.2, 0.25) is 0 Å². The summed E-state index contributed by atoms with van der Waals surface area (Å²) in [6.07, 6.45) is 4.40. The summed E-state index contributed by atoms with van der Waals surface area (Å²) in [5.41, 5.74) is 2.60. The summed E-state index contributed by atoms with van der Waals surface area (Å²) >= 11 is 0. The molecule has 1 atom stereocenters. The maximum absolute atomic E-state index is 12.2. The van der Waals surface area contributed by atoms with E-state index < -0.39 is 0 Å². The quantitative estimate of drug-likeness (QED) is 0.580. The van der Waals surface area contributed by atoms with Gasteiger partial charge in [-0.3, -0.25) is 14.7 Å². The number of aromatic nitrogens is 3. The van der Waals surface area contributed by atoms with Gasteiger partial charge in [-0.25, -0.2) is 4.98 Å². The minimum Gasteiger partial charge on any atom is -0.491 e. The van der Waals surface area contributed by atoms with Gasteiger partial charge in [0, 0.05) is 50.1 Å². The van der Waals surface area contributed by atoms with Gasteiger partial charge in [0.15, 0.2) is 0 Å². The molecule has 0 amide bonds. The number of H-pyrrole nitrogens is 1. The van der Waals surface area contributed by atoms with Crippen LogP contribution >= 0.6 is 0 Å². The Morgan fingerprint density at radius 1 is 1.20 bits per heavy atom. The molecule has 1 N–H and O–H groups in total. The summed E-state index contributed by atoms with van der Waals surface area (Å²) < 4.78 is 10.7. The highest BCUT2D eigenvalue weighted by Gasteiger charge is 2.26. The Balaban J connectivity index is 1.42. The molecule has 2 aromatic heterocycles. The van der Waals surface area contributed by atoms with Crippen LogP contribution in [0.5, 0.6) is 5.75 Å². The van der Waals surface area contributed by atoms with Crippen molar-refractivity contribution in [2.45, 2.75) is 18.9 Å². The first-order valence-electron chi connectivity index (χ1n) is 10.2. The van der Waals surface area contributed by atoms with E-state index in [-0.39, 0.29) is 11.5 Å². The van der Waals surface area contributed by atoms with Crippen molar-refractivity contribution in [1.82, 2.24) is 19.9 Å². The minimum absolute atomic E-state index is 0.127. The maximum Gasteiger partial charge on any atom is 0.251 e. The highest BCUT2D eigenvalue weighted by atomic mass is 16.5. The Bertz CT molecular complexity index is 1020. The third-order valence-electron chi connectivity index (χ3n) is 5.24. The number of hydrogen-bond donors (Lipinski definition) is 1. The average Bonchev–Trinajstić information content (AvgIpc) is 3.23. The highest BCUT2D eigenvalue weighted by molar-refractivity contribution is 5.56. The van der Waals surface area contributed by atoms with Gasteiger partial charge in [-0.05, 0) is 42.8 Å². The molecular formula is C23H26N4O3.